The van der Waals surface area contributed by atoms with Gasteiger partial charge in [-0.1, -0.05) is 30.3 Å². The van der Waals surface area contributed by atoms with Gasteiger partial charge in [-0.05, 0) is 79.8 Å². The molecule has 0 heterocycles. The Morgan fingerprint density at radius 2 is 1.52 bits per heavy atom. The monoisotopic (exact) mass is 612 g/mol. The number of ether oxygens (including phenoxy) is 2. The number of benzene rings is 3. The lowest BCUT2D eigenvalue weighted by Crippen LogP contribution is -2.45. The maximum absolute atomic E-state index is 13.5. The van der Waals surface area contributed by atoms with Gasteiger partial charge in [-0.3, -0.25) is 9.59 Å². The molecule has 2 N–H and O–H groups in total. The normalized spacial score (nSPS) is 16.3. The minimum Gasteiger partial charge on any atom is -0.490 e. The molecule has 44 heavy (non-hydrogen) atoms. The highest BCUT2D eigenvalue weighted by Crippen LogP contribution is 2.29. The van der Waals surface area contributed by atoms with Crippen LogP contribution in [0.4, 0.5) is 23.7 Å². The van der Waals surface area contributed by atoms with Crippen LogP contribution in [0.25, 0.3) is 0 Å². The van der Waals surface area contributed by atoms with E-state index >= 15 is 0 Å². The van der Waals surface area contributed by atoms with Crippen LogP contribution < -0.4 is 20.1 Å². The van der Waals surface area contributed by atoms with Gasteiger partial charge in [-0.15, -0.1) is 18.1 Å². The van der Waals surface area contributed by atoms with E-state index in [0.717, 1.165) is 23.4 Å². The average molecular weight is 613 g/mol. The quantitative estimate of drug-likeness (QED) is 0.241. The number of rotatable bonds is 11. The van der Waals surface area contributed by atoms with Crippen LogP contribution in [0.2, 0.25) is 0 Å². The molecule has 232 valence electrons. The summed E-state index contributed by atoms with van der Waals surface area (Å²) in [5.74, 6) is -0.912. The zero-order valence-corrected chi connectivity index (χ0v) is 23.6. The Morgan fingerprint density at radius 1 is 0.864 bits per heavy atom. The van der Waals surface area contributed by atoms with E-state index in [0.29, 0.717) is 36.9 Å². The molecule has 0 aliphatic heterocycles. The van der Waals surface area contributed by atoms with Gasteiger partial charge < -0.3 is 25.0 Å². The topological polar surface area (TPSA) is 126 Å². The first-order valence-electron chi connectivity index (χ1n) is 14.0. The highest BCUT2D eigenvalue weighted by Gasteiger charge is 2.32. The number of hydrogen-bond acceptors (Lipinski definition) is 6. The van der Waals surface area contributed by atoms with E-state index in [4.69, 9.17) is 4.74 Å². The largest absolute Gasteiger partial charge is 0.573 e. The summed E-state index contributed by atoms with van der Waals surface area (Å²) < 4.78 is 47.6. The Morgan fingerprint density at radius 3 is 2.14 bits per heavy atom. The van der Waals surface area contributed by atoms with E-state index < -0.39 is 30.0 Å². The van der Waals surface area contributed by atoms with E-state index in [1.165, 1.54) is 12.1 Å². The van der Waals surface area contributed by atoms with Crippen LogP contribution in [-0.2, 0) is 11.3 Å². The second-order valence-electron chi connectivity index (χ2n) is 10.2. The van der Waals surface area contributed by atoms with Crippen LogP contribution in [0.3, 0.4) is 0 Å². The molecule has 13 heteroatoms. The number of nitrogens with zero attached hydrogens (tertiary/aromatic N) is 2. The van der Waals surface area contributed by atoms with E-state index in [2.05, 4.69) is 20.5 Å². The molecule has 1 fully saturated rings. The van der Waals surface area contributed by atoms with Crippen LogP contribution in [0.5, 0.6) is 11.5 Å². The van der Waals surface area contributed by atoms with Crippen molar-refractivity contribution in [2.45, 2.75) is 57.2 Å². The number of carbonyl (C=O) groups is 3. The summed E-state index contributed by atoms with van der Waals surface area (Å²) in [7, 11) is 0. The number of urea groups is 1. The summed E-state index contributed by atoms with van der Waals surface area (Å²) in [5, 5.41) is 7.59. The third kappa shape index (κ3) is 9.82. The predicted molar refractivity (Wildman–Crippen MR) is 155 cm³/mol. The predicted octanol–water partition coefficient (Wildman–Crippen LogP) is 6.42. The summed E-state index contributed by atoms with van der Waals surface area (Å²) in [4.78, 5) is 48.8. The van der Waals surface area contributed by atoms with Gasteiger partial charge in [0, 0.05) is 42.0 Å². The van der Waals surface area contributed by atoms with Crippen LogP contribution in [0, 0.1) is 4.91 Å². The van der Waals surface area contributed by atoms with Crippen molar-refractivity contribution in [1.82, 2.24) is 10.2 Å². The molecule has 3 aromatic carbocycles. The molecule has 10 nitrogen and oxygen atoms in total. The molecular weight excluding hydrogens is 581 g/mol. The van der Waals surface area contributed by atoms with Gasteiger partial charge in [0.25, 0.3) is 11.8 Å². The van der Waals surface area contributed by atoms with Gasteiger partial charge in [-0.25, -0.2) is 4.79 Å². The maximum atomic E-state index is 13.5. The molecule has 1 aliphatic carbocycles. The highest BCUT2D eigenvalue weighted by atomic mass is 19.4. The molecule has 4 rings (SSSR count). The van der Waals surface area contributed by atoms with Gasteiger partial charge in [0.2, 0.25) is 0 Å². The number of anilines is 1. The van der Waals surface area contributed by atoms with Gasteiger partial charge in [0.15, 0.2) is 0 Å². The number of nitrogens with one attached hydrogen (secondary N) is 2. The van der Waals surface area contributed by atoms with E-state index in [-0.39, 0.29) is 31.7 Å². The molecule has 0 saturated heterocycles. The van der Waals surface area contributed by atoms with Crippen molar-refractivity contribution in [3.8, 4) is 11.5 Å². The van der Waals surface area contributed by atoms with Gasteiger partial charge in [0.05, 0.1) is 6.10 Å². The zero-order chi connectivity index (χ0) is 31.5. The third-order valence-corrected chi connectivity index (χ3v) is 7.03. The summed E-state index contributed by atoms with van der Waals surface area (Å²) >= 11 is 0. The minimum absolute atomic E-state index is 0.00450. The second-order valence-corrected chi connectivity index (χ2v) is 10.2. The molecule has 0 spiro atoms. The molecule has 0 bridgehead atoms. The number of hydrogen-bond donors (Lipinski definition) is 2. The van der Waals surface area contributed by atoms with Gasteiger partial charge >= 0.3 is 12.4 Å². The molecule has 0 atom stereocenters. The second kappa shape index (κ2) is 15.0. The molecule has 0 radical (unpaired) electrons. The van der Waals surface area contributed by atoms with Crippen molar-refractivity contribution >= 4 is 23.5 Å². The van der Waals surface area contributed by atoms with Crippen molar-refractivity contribution in [2.24, 2.45) is 5.18 Å². The standard InChI is InChI=1S/C31H31F3N4O6/c32-31(33,34)44-27-14-10-23(11-15-27)36-30(41)38(24-12-16-26(17-13-24)43-25-4-2-1-3-5-25)20-21-6-8-22(9-7-21)29(40)35-19-18-28(39)37-42/h1-11,14-15,24,26H,12-13,16-20H2,(H,35,40)(H,36,41). The van der Waals surface area contributed by atoms with Crippen LogP contribution in [-0.4, -0.2) is 47.8 Å². The Balaban J connectivity index is 1.43. The molecule has 3 aromatic rings. The number of carbonyl (C=O) groups excluding carboxylic acids is 3. The van der Waals surface area contributed by atoms with Crippen LogP contribution in [0.1, 0.15) is 48.0 Å². The van der Waals surface area contributed by atoms with Gasteiger partial charge in [-0.2, -0.15) is 0 Å². The fraction of sp³-hybridized carbons (Fsp3) is 0.323. The number of amides is 4. The summed E-state index contributed by atoms with van der Waals surface area (Å²) in [6.45, 7) is 0.177. The summed E-state index contributed by atoms with van der Waals surface area (Å²) in [5.41, 5.74) is 1.37. The summed E-state index contributed by atoms with van der Waals surface area (Å²) in [6.07, 6.45) is -2.27. The smallest absolute Gasteiger partial charge is 0.490 e. The Labute approximate surface area is 251 Å². The van der Waals surface area contributed by atoms with Crippen molar-refractivity contribution in [1.29, 1.82) is 0 Å². The minimum atomic E-state index is -4.83. The first-order chi connectivity index (χ1) is 21.1. The fourth-order valence-corrected chi connectivity index (χ4v) is 4.86. The lowest BCUT2D eigenvalue weighted by molar-refractivity contribution is -0.274. The SMILES string of the molecule is O=NC(=O)CCNC(=O)c1ccc(CN(C(=O)Nc2ccc(OC(F)(F)F)cc2)C2CCC(Oc3ccccc3)CC2)cc1. The first kappa shape index (κ1) is 32.0. The van der Waals surface area contributed by atoms with Crippen molar-refractivity contribution in [3.05, 3.63) is 94.9 Å². The first-order valence-corrected chi connectivity index (χ1v) is 14.0. The van der Waals surface area contributed by atoms with E-state index in [1.807, 2.05) is 30.3 Å². The summed E-state index contributed by atoms with van der Waals surface area (Å²) in [6, 6.07) is 20.4. The lowest BCUT2D eigenvalue weighted by atomic mass is 9.91. The van der Waals surface area contributed by atoms with Gasteiger partial charge in [0.1, 0.15) is 11.5 Å². The molecule has 1 aliphatic rings. The number of halogens is 3. The van der Waals surface area contributed by atoms with Crippen molar-refractivity contribution < 1.29 is 37.0 Å². The van der Waals surface area contributed by atoms with E-state index in [1.54, 1.807) is 29.2 Å². The number of nitroso groups, excluding NO2 is 1. The van der Waals surface area contributed by atoms with Crippen LogP contribution in [0.15, 0.2) is 84.0 Å². The lowest BCUT2D eigenvalue weighted by Gasteiger charge is -2.37. The Hall–Kier alpha value is -4.94. The van der Waals surface area contributed by atoms with Crippen molar-refractivity contribution in [2.75, 3.05) is 11.9 Å². The van der Waals surface area contributed by atoms with E-state index in [9.17, 15) is 32.5 Å². The van der Waals surface area contributed by atoms with Crippen molar-refractivity contribution in [3.63, 3.8) is 0 Å². The molecule has 1 saturated carbocycles. The zero-order valence-electron chi connectivity index (χ0n) is 23.6. The Bertz CT molecular complexity index is 1410. The number of para-hydroxylation sites is 1. The number of alkyl halides is 3. The average Bonchev–Trinajstić information content (AvgIpc) is 3.01. The molecule has 0 unspecified atom stereocenters. The maximum Gasteiger partial charge on any atom is 0.573 e. The molecule has 0 aromatic heterocycles. The molecular formula is C31H31F3N4O6. The third-order valence-electron chi connectivity index (χ3n) is 7.03. The fourth-order valence-electron chi connectivity index (χ4n) is 4.86. The molecule has 4 amide bonds. The van der Waals surface area contributed by atoms with Crippen LogP contribution >= 0.6 is 0 Å². The highest BCUT2D eigenvalue weighted by molar-refractivity contribution is 5.94. The Kier molecular flexibility index (Phi) is 10.9.